The highest BCUT2D eigenvalue weighted by atomic mass is 16.5. The second-order valence-electron chi connectivity index (χ2n) is 4.50. The summed E-state index contributed by atoms with van der Waals surface area (Å²) in [5.74, 6) is 0.807. The molecule has 0 bridgehead atoms. The maximum atomic E-state index is 5.94. The Kier molecular flexibility index (Phi) is 3.62. The van der Waals surface area contributed by atoms with E-state index in [2.05, 4.69) is 16.4 Å². The average Bonchev–Trinajstić information content (AvgIpc) is 2.73. The van der Waals surface area contributed by atoms with Crippen LogP contribution in [0, 0.1) is 6.92 Å². The van der Waals surface area contributed by atoms with E-state index in [4.69, 9.17) is 10.5 Å². The van der Waals surface area contributed by atoms with Gasteiger partial charge < -0.3 is 10.5 Å². The fraction of sp³-hybridized carbons (Fsp3) is 0.385. The van der Waals surface area contributed by atoms with E-state index in [1.54, 1.807) is 4.68 Å². The van der Waals surface area contributed by atoms with Crippen molar-refractivity contribution in [1.82, 2.24) is 15.0 Å². The second kappa shape index (κ2) is 5.18. The molecule has 1 unspecified atom stereocenters. The lowest BCUT2D eigenvalue weighted by Gasteiger charge is -2.14. The lowest BCUT2D eigenvalue weighted by atomic mass is 10.1. The van der Waals surface area contributed by atoms with Crippen molar-refractivity contribution in [2.24, 2.45) is 12.8 Å². The van der Waals surface area contributed by atoms with Crippen molar-refractivity contribution in [3.8, 4) is 5.75 Å². The molecule has 0 aliphatic rings. The molecule has 5 nitrogen and oxygen atoms in total. The predicted molar refractivity (Wildman–Crippen MR) is 69.1 cm³/mol. The highest BCUT2D eigenvalue weighted by Gasteiger charge is 2.09. The maximum absolute atomic E-state index is 5.94. The highest BCUT2D eigenvalue weighted by molar-refractivity contribution is 5.38. The van der Waals surface area contributed by atoms with Gasteiger partial charge in [-0.1, -0.05) is 22.9 Å². The van der Waals surface area contributed by atoms with Crippen LogP contribution in [0.1, 0.15) is 29.8 Å². The number of nitrogens with two attached hydrogens (primary N) is 1. The van der Waals surface area contributed by atoms with Crippen LogP contribution in [0.4, 0.5) is 0 Å². The lowest BCUT2D eigenvalue weighted by Crippen LogP contribution is -2.08. The molecule has 1 aromatic carbocycles. The predicted octanol–water partition coefficient (Wildman–Crippen LogP) is 1.72. The third kappa shape index (κ3) is 2.87. The normalized spacial score (nSPS) is 12.4. The topological polar surface area (TPSA) is 66.0 Å². The summed E-state index contributed by atoms with van der Waals surface area (Å²) in [5, 5.41) is 7.84. The molecule has 1 atom stereocenters. The number of hydrogen-bond donors (Lipinski definition) is 1. The van der Waals surface area contributed by atoms with E-state index in [0.29, 0.717) is 6.61 Å². The Labute approximate surface area is 107 Å². The van der Waals surface area contributed by atoms with Gasteiger partial charge in [-0.3, -0.25) is 4.68 Å². The van der Waals surface area contributed by atoms with Crippen molar-refractivity contribution in [2.75, 3.05) is 0 Å². The number of aromatic nitrogens is 3. The molecule has 18 heavy (non-hydrogen) atoms. The van der Waals surface area contributed by atoms with Gasteiger partial charge in [-0.2, -0.15) is 0 Å². The molecule has 0 amide bonds. The smallest absolute Gasteiger partial charge is 0.134 e. The van der Waals surface area contributed by atoms with Crippen LogP contribution in [0.25, 0.3) is 0 Å². The zero-order chi connectivity index (χ0) is 13.1. The third-order valence-electron chi connectivity index (χ3n) is 2.68. The fourth-order valence-corrected chi connectivity index (χ4v) is 1.77. The summed E-state index contributed by atoms with van der Waals surface area (Å²) in [6, 6.07) is 5.96. The number of hydrogen-bond acceptors (Lipinski definition) is 4. The van der Waals surface area contributed by atoms with Gasteiger partial charge in [0.15, 0.2) is 0 Å². The second-order valence-corrected chi connectivity index (χ2v) is 4.50. The van der Waals surface area contributed by atoms with E-state index in [1.165, 1.54) is 5.56 Å². The van der Waals surface area contributed by atoms with Crippen LogP contribution in [0.2, 0.25) is 0 Å². The molecule has 0 fully saturated rings. The zero-order valence-corrected chi connectivity index (χ0v) is 10.9. The zero-order valence-electron chi connectivity index (χ0n) is 10.9. The SMILES string of the molecule is Cc1ccc(OCc2cn(C)nn2)c(C(C)N)c1. The largest absolute Gasteiger partial charge is 0.487 e. The Morgan fingerprint density at radius 1 is 1.44 bits per heavy atom. The molecule has 0 radical (unpaired) electrons. The lowest BCUT2D eigenvalue weighted by molar-refractivity contribution is 0.296. The summed E-state index contributed by atoms with van der Waals surface area (Å²) in [5.41, 5.74) is 8.93. The molecular formula is C13H18N4O. The molecule has 96 valence electrons. The van der Waals surface area contributed by atoms with Gasteiger partial charge in [0.05, 0.1) is 6.20 Å². The van der Waals surface area contributed by atoms with Gasteiger partial charge in [0.2, 0.25) is 0 Å². The summed E-state index contributed by atoms with van der Waals surface area (Å²) in [6.07, 6.45) is 1.83. The van der Waals surface area contributed by atoms with Crippen molar-refractivity contribution in [2.45, 2.75) is 26.5 Å². The van der Waals surface area contributed by atoms with E-state index >= 15 is 0 Å². The molecule has 0 saturated carbocycles. The molecule has 0 aliphatic carbocycles. The van der Waals surface area contributed by atoms with Crippen molar-refractivity contribution in [3.63, 3.8) is 0 Å². The molecule has 2 N–H and O–H groups in total. The van der Waals surface area contributed by atoms with Crippen LogP contribution in [-0.4, -0.2) is 15.0 Å². The van der Waals surface area contributed by atoms with Gasteiger partial charge in [-0.05, 0) is 19.9 Å². The first-order valence-electron chi connectivity index (χ1n) is 5.90. The summed E-state index contributed by atoms with van der Waals surface area (Å²) in [7, 11) is 1.83. The molecule has 0 aliphatic heterocycles. The van der Waals surface area contributed by atoms with Gasteiger partial charge in [-0.25, -0.2) is 0 Å². The van der Waals surface area contributed by atoms with Crippen LogP contribution in [0.5, 0.6) is 5.75 Å². The maximum Gasteiger partial charge on any atom is 0.134 e. The van der Waals surface area contributed by atoms with Gasteiger partial charge in [-0.15, -0.1) is 5.10 Å². The molecule has 2 aromatic rings. The van der Waals surface area contributed by atoms with Crippen molar-refractivity contribution >= 4 is 0 Å². The van der Waals surface area contributed by atoms with Gasteiger partial charge in [0.1, 0.15) is 18.1 Å². The number of aryl methyl sites for hydroxylation is 2. The van der Waals surface area contributed by atoms with Crippen LogP contribution >= 0.6 is 0 Å². The number of rotatable bonds is 4. The van der Waals surface area contributed by atoms with E-state index < -0.39 is 0 Å². The third-order valence-corrected chi connectivity index (χ3v) is 2.68. The molecule has 0 spiro atoms. The van der Waals surface area contributed by atoms with Crippen LogP contribution < -0.4 is 10.5 Å². The van der Waals surface area contributed by atoms with E-state index in [-0.39, 0.29) is 6.04 Å². The molecule has 1 aromatic heterocycles. The Morgan fingerprint density at radius 2 is 2.22 bits per heavy atom. The standard InChI is InChI=1S/C13H18N4O/c1-9-4-5-13(12(6-9)10(2)14)18-8-11-7-17(3)16-15-11/h4-7,10H,8,14H2,1-3H3. The van der Waals surface area contributed by atoms with Gasteiger partial charge >= 0.3 is 0 Å². The summed E-state index contributed by atoms with van der Waals surface area (Å²) in [4.78, 5) is 0. The van der Waals surface area contributed by atoms with Gasteiger partial charge in [0.25, 0.3) is 0 Å². The highest BCUT2D eigenvalue weighted by Crippen LogP contribution is 2.25. The number of benzene rings is 1. The van der Waals surface area contributed by atoms with Crippen LogP contribution in [-0.2, 0) is 13.7 Å². The monoisotopic (exact) mass is 246 g/mol. The van der Waals surface area contributed by atoms with E-state index in [0.717, 1.165) is 17.0 Å². The minimum atomic E-state index is -0.0539. The molecule has 0 saturated heterocycles. The quantitative estimate of drug-likeness (QED) is 0.892. The fourth-order valence-electron chi connectivity index (χ4n) is 1.77. The molecular weight excluding hydrogens is 228 g/mol. The first-order chi connectivity index (χ1) is 8.56. The first-order valence-corrected chi connectivity index (χ1v) is 5.90. The molecule has 5 heteroatoms. The Hall–Kier alpha value is -1.88. The number of nitrogens with zero attached hydrogens (tertiary/aromatic N) is 3. The average molecular weight is 246 g/mol. The first kappa shape index (κ1) is 12.6. The van der Waals surface area contributed by atoms with Crippen molar-refractivity contribution < 1.29 is 4.74 Å². The van der Waals surface area contributed by atoms with Crippen molar-refractivity contribution in [3.05, 3.63) is 41.2 Å². The van der Waals surface area contributed by atoms with Crippen molar-refractivity contribution in [1.29, 1.82) is 0 Å². The summed E-state index contributed by atoms with van der Waals surface area (Å²) >= 11 is 0. The molecule has 1 heterocycles. The Balaban J connectivity index is 2.13. The minimum Gasteiger partial charge on any atom is -0.487 e. The summed E-state index contributed by atoms with van der Waals surface area (Å²) in [6.45, 7) is 4.39. The van der Waals surface area contributed by atoms with Crippen LogP contribution in [0.3, 0.4) is 0 Å². The van der Waals surface area contributed by atoms with Crippen LogP contribution in [0.15, 0.2) is 24.4 Å². The summed E-state index contributed by atoms with van der Waals surface area (Å²) < 4.78 is 7.41. The van der Waals surface area contributed by atoms with E-state index in [1.807, 2.05) is 39.2 Å². The number of ether oxygens (including phenoxy) is 1. The van der Waals surface area contributed by atoms with Gasteiger partial charge in [0, 0.05) is 18.7 Å². The van der Waals surface area contributed by atoms with E-state index in [9.17, 15) is 0 Å². The Morgan fingerprint density at radius 3 is 2.83 bits per heavy atom. The Bertz CT molecular complexity index is 534. The molecule has 2 rings (SSSR count). The minimum absolute atomic E-state index is 0.0539.